The quantitative estimate of drug-likeness (QED) is 0.831. The molecule has 0 amide bonds. The van der Waals surface area contributed by atoms with Crippen LogP contribution in [0.3, 0.4) is 0 Å². The summed E-state index contributed by atoms with van der Waals surface area (Å²) in [4.78, 5) is 0. The number of hydrogen-bond donors (Lipinski definition) is 2. The smallest absolute Gasteiger partial charge is 0.123 e. The maximum Gasteiger partial charge on any atom is 0.123 e. The lowest BCUT2D eigenvalue weighted by atomic mass is 9.97. The molecule has 17 heavy (non-hydrogen) atoms. The Morgan fingerprint density at radius 2 is 1.76 bits per heavy atom. The van der Waals surface area contributed by atoms with Gasteiger partial charge in [-0.05, 0) is 37.6 Å². The van der Waals surface area contributed by atoms with Gasteiger partial charge in [-0.15, -0.1) is 0 Å². The van der Waals surface area contributed by atoms with Crippen molar-refractivity contribution in [3.05, 3.63) is 35.6 Å². The largest absolute Gasteiger partial charge is 0.328 e. The number of hydrogen-bond acceptors (Lipinski definition) is 2. The summed E-state index contributed by atoms with van der Waals surface area (Å²) in [6.07, 6.45) is 6.66. The highest BCUT2D eigenvalue weighted by atomic mass is 19.1. The van der Waals surface area contributed by atoms with Crippen molar-refractivity contribution in [2.24, 2.45) is 5.73 Å². The van der Waals surface area contributed by atoms with Crippen LogP contribution in [0.2, 0.25) is 0 Å². The lowest BCUT2D eigenvalue weighted by Crippen LogP contribution is -2.22. The van der Waals surface area contributed by atoms with Crippen molar-refractivity contribution in [3.8, 4) is 0 Å². The van der Waals surface area contributed by atoms with Gasteiger partial charge in [-0.2, -0.15) is 0 Å². The van der Waals surface area contributed by atoms with Gasteiger partial charge in [0, 0.05) is 12.6 Å². The van der Waals surface area contributed by atoms with Crippen LogP contribution >= 0.6 is 0 Å². The maximum absolute atomic E-state index is 12.3. The zero-order valence-electron chi connectivity index (χ0n) is 10.6. The number of nitrogens with two attached hydrogens (primary N) is 1. The first-order valence-electron chi connectivity index (χ1n) is 6.37. The zero-order valence-corrected chi connectivity index (χ0v) is 10.6. The SMILES string of the molecule is CNCc1ccc(F)cc1.NC1CCCCC1. The predicted octanol–water partition coefficient (Wildman–Crippen LogP) is 2.82. The van der Waals surface area contributed by atoms with Crippen LogP contribution in [0, 0.1) is 5.82 Å². The monoisotopic (exact) mass is 238 g/mol. The van der Waals surface area contributed by atoms with Crippen LogP contribution in [0.25, 0.3) is 0 Å². The van der Waals surface area contributed by atoms with Gasteiger partial charge in [-0.25, -0.2) is 4.39 Å². The van der Waals surface area contributed by atoms with Gasteiger partial charge in [0.1, 0.15) is 5.82 Å². The topological polar surface area (TPSA) is 38.0 Å². The van der Waals surface area contributed by atoms with Crippen LogP contribution < -0.4 is 11.1 Å². The van der Waals surface area contributed by atoms with Crippen molar-refractivity contribution >= 4 is 0 Å². The molecule has 3 N–H and O–H groups in total. The first-order valence-corrected chi connectivity index (χ1v) is 6.37. The standard InChI is InChI=1S/C8H10FN.C6H13N/c1-10-6-7-2-4-8(9)5-3-7;7-6-4-2-1-3-5-6/h2-5,10H,6H2,1H3;6H,1-5,7H2. The van der Waals surface area contributed by atoms with Crippen molar-refractivity contribution in [1.29, 1.82) is 0 Å². The summed E-state index contributed by atoms with van der Waals surface area (Å²) in [5.41, 5.74) is 6.74. The van der Waals surface area contributed by atoms with Crippen molar-refractivity contribution in [2.45, 2.75) is 44.7 Å². The average molecular weight is 238 g/mol. The molecule has 2 rings (SSSR count). The maximum atomic E-state index is 12.3. The van der Waals surface area contributed by atoms with Gasteiger partial charge in [-0.3, -0.25) is 0 Å². The van der Waals surface area contributed by atoms with Crippen molar-refractivity contribution < 1.29 is 4.39 Å². The van der Waals surface area contributed by atoms with Gasteiger partial charge in [0.15, 0.2) is 0 Å². The van der Waals surface area contributed by atoms with E-state index in [9.17, 15) is 4.39 Å². The summed E-state index contributed by atoms with van der Waals surface area (Å²) in [5.74, 6) is -0.181. The van der Waals surface area contributed by atoms with Gasteiger partial charge in [0.05, 0.1) is 0 Å². The third kappa shape index (κ3) is 6.39. The van der Waals surface area contributed by atoms with E-state index in [0.29, 0.717) is 6.04 Å². The Kier molecular flexibility index (Phi) is 6.82. The second-order valence-electron chi connectivity index (χ2n) is 4.55. The highest BCUT2D eigenvalue weighted by molar-refractivity contribution is 5.15. The van der Waals surface area contributed by atoms with E-state index in [2.05, 4.69) is 5.32 Å². The average Bonchev–Trinajstić information content (AvgIpc) is 2.34. The molecule has 0 bridgehead atoms. The lowest BCUT2D eigenvalue weighted by molar-refractivity contribution is 0.441. The van der Waals surface area contributed by atoms with Gasteiger partial charge in [-0.1, -0.05) is 31.4 Å². The Morgan fingerprint density at radius 1 is 1.18 bits per heavy atom. The molecule has 0 unspecified atom stereocenters. The second-order valence-corrected chi connectivity index (χ2v) is 4.55. The van der Waals surface area contributed by atoms with E-state index in [0.717, 1.165) is 12.1 Å². The molecule has 2 nitrogen and oxygen atoms in total. The van der Waals surface area contributed by atoms with Crippen molar-refractivity contribution in [3.63, 3.8) is 0 Å². The highest BCUT2D eigenvalue weighted by Gasteiger charge is 2.06. The van der Waals surface area contributed by atoms with Gasteiger partial charge in [0.2, 0.25) is 0 Å². The molecule has 0 radical (unpaired) electrons. The lowest BCUT2D eigenvalue weighted by Gasteiger charge is -2.15. The van der Waals surface area contributed by atoms with Crippen LogP contribution in [0.15, 0.2) is 24.3 Å². The molecule has 0 atom stereocenters. The summed E-state index contributed by atoms with van der Waals surface area (Å²) in [6.45, 7) is 0.792. The van der Waals surface area contributed by atoms with E-state index in [1.165, 1.54) is 44.2 Å². The molecule has 1 fully saturated rings. The zero-order chi connectivity index (χ0) is 12.5. The summed E-state index contributed by atoms with van der Waals surface area (Å²) < 4.78 is 12.3. The van der Waals surface area contributed by atoms with Crippen molar-refractivity contribution in [2.75, 3.05) is 7.05 Å². The highest BCUT2D eigenvalue weighted by Crippen LogP contribution is 2.14. The Hall–Kier alpha value is -0.930. The fourth-order valence-electron chi connectivity index (χ4n) is 1.94. The van der Waals surface area contributed by atoms with E-state index in [1.807, 2.05) is 7.05 Å². The summed E-state index contributed by atoms with van der Waals surface area (Å²) in [5, 5.41) is 2.98. The summed E-state index contributed by atoms with van der Waals surface area (Å²) in [6, 6.07) is 7.01. The normalized spacial score (nSPS) is 16.2. The molecule has 1 aliphatic carbocycles. The molecule has 1 saturated carbocycles. The molecule has 1 aliphatic rings. The third-order valence-electron chi connectivity index (χ3n) is 2.94. The minimum atomic E-state index is -0.181. The molecule has 3 heteroatoms. The molecule has 1 aromatic rings. The number of nitrogens with one attached hydrogen (secondary N) is 1. The molecule has 0 heterocycles. The minimum Gasteiger partial charge on any atom is -0.328 e. The van der Waals surface area contributed by atoms with Crippen LogP contribution in [0.4, 0.5) is 4.39 Å². The van der Waals surface area contributed by atoms with Gasteiger partial charge < -0.3 is 11.1 Å². The molecule has 0 aliphatic heterocycles. The van der Waals surface area contributed by atoms with E-state index in [1.54, 1.807) is 12.1 Å². The summed E-state index contributed by atoms with van der Waals surface area (Å²) >= 11 is 0. The number of rotatable bonds is 2. The number of benzene rings is 1. The van der Waals surface area contributed by atoms with Crippen LogP contribution in [0.5, 0.6) is 0 Å². The van der Waals surface area contributed by atoms with Crippen LogP contribution in [-0.4, -0.2) is 13.1 Å². The van der Waals surface area contributed by atoms with E-state index < -0.39 is 0 Å². The second kappa shape index (κ2) is 8.20. The predicted molar refractivity (Wildman–Crippen MR) is 70.2 cm³/mol. The van der Waals surface area contributed by atoms with E-state index >= 15 is 0 Å². The third-order valence-corrected chi connectivity index (χ3v) is 2.94. The molecule has 0 spiro atoms. The van der Waals surface area contributed by atoms with E-state index in [4.69, 9.17) is 5.73 Å². The first-order chi connectivity index (χ1) is 8.22. The molecule has 0 aromatic heterocycles. The number of halogens is 1. The first kappa shape index (κ1) is 14.1. The Labute approximate surface area is 103 Å². The Morgan fingerprint density at radius 3 is 2.18 bits per heavy atom. The molecular weight excluding hydrogens is 215 g/mol. The molecule has 1 aromatic carbocycles. The van der Waals surface area contributed by atoms with Crippen LogP contribution in [-0.2, 0) is 6.54 Å². The fraction of sp³-hybridized carbons (Fsp3) is 0.571. The Balaban J connectivity index is 0.000000181. The minimum absolute atomic E-state index is 0.181. The summed E-state index contributed by atoms with van der Waals surface area (Å²) in [7, 11) is 1.86. The van der Waals surface area contributed by atoms with Gasteiger partial charge >= 0.3 is 0 Å². The molecule has 96 valence electrons. The van der Waals surface area contributed by atoms with Crippen molar-refractivity contribution in [1.82, 2.24) is 5.32 Å². The van der Waals surface area contributed by atoms with Crippen LogP contribution in [0.1, 0.15) is 37.7 Å². The Bertz CT molecular complexity index is 292. The molecule has 0 saturated heterocycles. The van der Waals surface area contributed by atoms with Gasteiger partial charge in [0.25, 0.3) is 0 Å². The fourth-order valence-corrected chi connectivity index (χ4v) is 1.94. The molecular formula is C14H23FN2. The van der Waals surface area contributed by atoms with E-state index in [-0.39, 0.29) is 5.82 Å².